The third kappa shape index (κ3) is 2.27. The van der Waals surface area contributed by atoms with Gasteiger partial charge in [0, 0.05) is 7.05 Å². The molecule has 15 heavy (non-hydrogen) atoms. The van der Waals surface area contributed by atoms with Gasteiger partial charge in [0.25, 0.3) is 0 Å². The zero-order valence-corrected chi connectivity index (χ0v) is 9.14. The first-order valence-electron chi connectivity index (χ1n) is 4.60. The molecule has 0 aliphatic heterocycles. The molecule has 3 N–H and O–H groups in total. The summed E-state index contributed by atoms with van der Waals surface area (Å²) in [6, 6.07) is -0.0619. The van der Waals surface area contributed by atoms with Gasteiger partial charge in [-0.3, -0.25) is 0 Å². The van der Waals surface area contributed by atoms with Gasteiger partial charge < -0.3 is 20.5 Å². The minimum Gasteiger partial charge on any atom is -0.490 e. The zero-order valence-electron chi connectivity index (χ0n) is 9.14. The van der Waals surface area contributed by atoms with E-state index in [1.165, 1.54) is 13.4 Å². The third-order valence-corrected chi connectivity index (χ3v) is 2.28. The highest BCUT2D eigenvalue weighted by atomic mass is 16.5. The fraction of sp³-hybridized carbons (Fsp3) is 0.556. The SMILES string of the molecule is COc1c(N)ncnc1N(C)C(C)CO. The van der Waals surface area contributed by atoms with Crippen molar-refractivity contribution in [3.8, 4) is 5.75 Å². The third-order valence-electron chi connectivity index (χ3n) is 2.28. The second kappa shape index (κ2) is 4.79. The van der Waals surface area contributed by atoms with E-state index >= 15 is 0 Å². The molecule has 1 aromatic rings. The number of anilines is 2. The minimum atomic E-state index is -0.0619. The fourth-order valence-corrected chi connectivity index (χ4v) is 1.16. The molecule has 0 aliphatic carbocycles. The summed E-state index contributed by atoms with van der Waals surface area (Å²) in [5.41, 5.74) is 5.65. The normalized spacial score (nSPS) is 12.3. The van der Waals surface area contributed by atoms with Crippen molar-refractivity contribution in [2.45, 2.75) is 13.0 Å². The van der Waals surface area contributed by atoms with E-state index in [4.69, 9.17) is 15.6 Å². The van der Waals surface area contributed by atoms with E-state index in [0.717, 1.165) is 0 Å². The second-order valence-electron chi connectivity index (χ2n) is 3.26. The Hall–Kier alpha value is -1.56. The Balaban J connectivity index is 3.07. The van der Waals surface area contributed by atoms with E-state index in [2.05, 4.69) is 9.97 Å². The van der Waals surface area contributed by atoms with E-state index in [0.29, 0.717) is 17.4 Å². The van der Waals surface area contributed by atoms with E-state index in [9.17, 15) is 0 Å². The number of rotatable bonds is 4. The van der Waals surface area contributed by atoms with Crippen LogP contribution in [-0.2, 0) is 0 Å². The van der Waals surface area contributed by atoms with Gasteiger partial charge in [-0.1, -0.05) is 0 Å². The first-order valence-corrected chi connectivity index (χ1v) is 4.60. The van der Waals surface area contributed by atoms with Crippen molar-refractivity contribution in [1.29, 1.82) is 0 Å². The number of methoxy groups -OCH3 is 1. The molecule has 1 heterocycles. The van der Waals surface area contributed by atoms with Crippen LogP contribution in [0.5, 0.6) is 5.75 Å². The molecule has 6 heteroatoms. The highest BCUT2D eigenvalue weighted by molar-refractivity contribution is 5.62. The highest BCUT2D eigenvalue weighted by Gasteiger charge is 2.17. The summed E-state index contributed by atoms with van der Waals surface area (Å²) in [5.74, 6) is 1.30. The molecule has 1 aromatic heterocycles. The van der Waals surface area contributed by atoms with Gasteiger partial charge in [-0.05, 0) is 6.92 Å². The van der Waals surface area contributed by atoms with Crippen LogP contribution in [-0.4, -0.2) is 41.9 Å². The molecule has 0 aliphatic rings. The van der Waals surface area contributed by atoms with Crippen LogP contribution in [0.15, 0.2) is 6.33 Å². The summed E-state index contributed by atoms with van der Waals surface area (Å²) in [6.07, 6.45) is 1.37. The number of nitrogen functional groups attached to an aromatic ring is 1. The smallest absolute Gasteiger partial charge is 0.204 e. The van der Waals surface area contributed by atoms with Crippen LogP contribution in [0.3, 0.4) is 0 Å². The molecule has 0 saturated carbocycles. The monoisotopic (exact) mass is 212 g/mol. The van der Waals surface area contributed by atoms with Crippen molar-refractivity contribution >= 4 is 11.6 Å². The lowest BCUT2D eigenvalue weighted by Crippen LogP contribution is -2.33. The van der Waals surface area contributed by atoms with Crippen molar-refractivity contribution in [2.75, 3.05) is 31.4 Å². The van der Waals surface area contributed by atoms with Gasteiger partial charge in [0.05, 0.1) is 19.8 Å². The van der Waals surface area contributed by atoms with Crippen molar-refractivity contribution in [1.82, 2.24) is 9.97 Å². The van der Waals surface area contributed by atoms with Crippen LogP contribution in [0.25, 0.3) is 0 Å². The topological polar surface area (TPSA) is 84.5 Å². The van der Waals surface area contributed by atoms with E-state index in [-0.39, 0.29) is 12.6 Å². The van der Waals surface area contributed by atoms with Crippen LogP contribution in [0.1, 0.15) is 6.92 Å². The maximum absolute atomic E-state index is 9.04. The van der Waals surface area contributed by atoms with E-state index < -0.39 is 0 Å². The van der Waals surface area contributed by atoms with Gasteiger partial charge in [-0.2, -0.15) is 0 Å². The number of aromatic nitrogens is 2. The van der Waals surface area contributed by atoms with Crippen LogP contribution in [0, 0.1) is 0 Å². The summed E-state index contributed by atoms with van der Waals surface area (Å²) < 4.78 is 5.12. The van der Waals surface area contributed by atoms with Crippen molar-refractivity contribution in [2.24, 2.45) is 0 Å². The van der Waals surface area contributed by atoms with Crippen molar-refractivity contribution < 1.29 is 9.84 Å². The molecular weight excluding hydrogens is 196 g/mol. The molecule has 0 spiro atoms. The standard InChI is InChI=1S/C9H16N4O2/c1-6(4-14)13(2)9-7(15-3)8(10)11-5-12-9/h5-6,14H,4H2,1-3H3,(H2,10,11,12). The maximum Gasteiger partial charge on any atom is 0.204 e. The summed E-state index contributed by atoms with van der Waals surface area (Å²) in [5, 5.41) is 9.04. The number of hydrogen-bond acceptors (Lipinski definition) is 6. The largest absolute Gasteiger partial charge is 0.490 e. The summed E-state index contributed by atoms with van der Waals surface area (Å²) >= 11 is 0. The lowest BCUT2D eigenvalue weighted by molar-refractivity contribution is 0.269. The predicted molar refractivity (Wildman–Crippen MR) is 57.9 cm³/mol. The Morgan fingerprint density at radius 1 is 1.60 bits per heavy atom. The average molecular weight is 212 g/mol. The molecule has 0 fully saturated rings. The molecular formula is C9H16N4O2. The van der Waals surface area contributed by atoms with Gasteiger partial charge in [0.15, 0.2) is 11.6 Å². The molecule has 0 amide bonds. The average Bonchev–Trinajstić information content (AvgIpc) is 2.26. The van der Waals surface area contributed by atoms with Gasteiger partial charge in [-0.15, -0.1) is 0 Å². The lowest BCUT2D eigenvalue weighted by Gasteiger charge is -2.25. The number of likely N-dealkylation sites (N-methyl/N-ethyl adjacent to an activating group) is 1. The first-order chi connectivity index (χ1) is 7.11. The van der Waals surface area contributed by atoms with E-state index in [1.807, 2.05) is 14.0 Å². The number of hydrogen-bond donors (Lipinski definition) is 2. The Morgan fingerprint density at radius 3 is 2.80 bits per heavy atom. The molecule has 6 nitrogen and oxygen atoms in total. The second-order valence-corrected chi connectivity index (χ2v) is 3.26. The van der Waals surface area contributed by atoms with Gasteiger partial charge in [0.1, 0.15) is 6.33 Å². The van der Waals surface area contributed by atoms with Crippen LogP contribution < -0.4 is 15.4 Å². The summed E-state index contributed by atoms with van der Waals surface area (Å²) in [6.45, 7) is 1.90. The molecule has 84 valence electrons. The zero-order chi connectivity index (χ0) is 11.4. The van der Waals surface area contributed by atoms with Crippen LogP contribution >= 0.6 is 0 Å². The molecule has 1 rings (SSSR count). The maximum atomic E-state index is 9.04. The van der Waals surface area contributed by atoms with E-state index in [1.54, 1.807) is 4.90 Å². The number of aliphatic hydroxyl groups excluding tert-OH is 1. The van der Waals surface area contributed by atoms with Gasteiger partial charge >= 0.3 is 0 Å². The van der Waals surface area contributed by atoms with Crippen molar-refractivity contribution in [3.05, 3.63) is 6.33 Å². The summed E-state index contributed by atoms with van der Waals surface area (Å²) in [7, 11) is 3.32. The summed E-state index contributed by atoms with van der Waals surface area (Å²) in [4.78, 5) is 9.70. The molecule has 1 atom stereocenters. The molecule has 0 radical (unpaired) electrons. The Bertz CT molecular complexity index is 332. The van der Waals surface area contributed by atoms with Crippen LogP contribution in [0.4, 0.5) is 11.6 Å². The Labute approximate surface area is 88.7 Å². The van der Waals surface area contributed by atoms with Gasteiger partial charge in [-0.25, -0.2) is 9.97 Å². The molecule has 0 saturated heterocycles. The predicted octanol–water partition coefficient (Wildman–Crippen LogP) is -0.116. The van der Waals surface area contributed by atoms with Crippen LogP contribution in [0.2, 0.25) is 0 Å². The number of ether oxygens (including phenoxy) is 1. The molecule has 0 bridgehead atoms. The fourth-order valence-electron chi connectivity index (χ4n) is 1.16. The Kier molecular flexibility index (Phi) is 3.68. The number of nitrogens with two attached hydrogens (primary N) is 1. The number of nitrogens with zero attached hydrogens (tertiary/aromatic N) is 3. The number of aliphatic hydroxyl groups is 1. The molecule has 0 aromatic carbocycles. The lowest BCUT2D eigenvalue weighted by atomic mass is 10.3. The minimum absolute atomic E-state index is 0.0313. The quantitative estimate of drug-likeness (QED) is 0.724. The highest BCUT2D eigenvalue weighted by Crippen LogP contribution is 2.29. The van der Waals surface area contributed by atoms with Crippen molar-refractivity contribution in [3.63, 3.8) is 0 Å². The molecule has 1 unspecified atom stereocenters. The Morgan fingerprint density at radius 2 is 2.27 bits per heavy atom. The van der Waals surface area contributed by atoms with Gasteiger partial charge in [0.2, 0.25) is 5.75 Å². The first kappa shape index (κ1) is 11.5.